The molecule has 0 amide bonds. The van der Waals surface area contributed by atoms with Crippen LogP contribution in [0, 0.1) is 24.5 Å². The van der Waals surface area contributed by atoms with Crippen molar-refractivity contribution in [3.63, 3.8) is 0 Å². The largest absolute Gasteiger partial charge is 0.297 e. The van der Waals surface area contributed by atoms with Gasteiger partial charge in [-0.2, -0.15) is 0 Å². The van der Waals surface area contributed by atoms with Gasteiger partial charge in [0.05, 0.1) is 5.69 Å². The summed E-state index contributed by atoms with van der Waals surface area (Å²) in [4.78, 5) is 19.2. The first-order valence-corrected chi connectivity index (χ1v) is 9.72. The number of hydrogen-bond acceptors (Lipinski definition) is 3. The van der Waals surface area contributed by atoms with Gasteiger partial charge in [0.2, 0.25) is 0 Å². The first-order chi connectivity index (χ1) is 13.5. The number of benzene rings is 1. The summed E-state index contributed by atoms with van der Waals surface area (Å²) in [5.41, 5.74) is 2.78. The second-order valence-corrected chi connectivity index (χ2v) is 7.74. The third-order valence-electron chi connectivity index (χ3n) is 5.46. The molecular formula is C21H24F2N4O. The van der Waals surface area contributed by atoms with Crippen LogP contribution in [0.15, 0.2) is 35.1 Å². The summed E-state index contributed by atoms with van der Waals surface area (Å²) in [6.45, 7) is 4.40. The van der Waals surface area contributed by atoms with Crippen LogP contribution in [0.3, 0.4) is 0 Å². The van der Waals surface area contributed by atoms with E-state index in [0.29, 0.717) is 30.1 Å². The molecule has 2 aromatic heterocycles. The number of halogens is 2. The number of likely N-dealkylation sites (tertiary alicyclic amines) is 1. The maximum absolute atomic E-state index is 13.8. The van der Waals surface area contributed by atoms with Crippen LogP contribution in [0.25, 0.3) is 5.65 Å². The molecule has 1 saturated heterocycles. The van der Waals surface area contributed by atoms with Crippen molar-refractivity contribution in [1.29, 1.82) is 0 Å². The Morgan fingerprint density at radius 1 is 1.25 bits per heavy atom. The Balaban J connectivity index is 1.39. The van der Waals surface area contributed by atoms with Crippen molar-refractivity contribution < 1.29 is 8.78 Å². The average Bonchev–Trinajstić information content (AvgIpc) is 3.02. The van der Waals surface area contributed by atoms with Gasteiger partial charge in [-0.05, 0) is 56.7 Å². The van der Waals surface area contributed by atoms with Crippen LogP contribution in [0.1, 0.15) is 36.2 Å². The van der Waals surface area contributed by atoms with Crippen LogP contribution >= 0.6 is 0 Å². The first kappa shape index (κ1) is 18.8. The molecule has 3 aromatic rings. The Bertz CT molecular complexity index is 1040. The lowest BCUT2D eigenvalue weighted by Gasteiger charge is -2.32. The number of nitrogens with zero attached hydrogens (tertiary/aromatic N) is 3. The van der Waals surface area contributed by atoms with Gasteiger partial charge in [-0.1, -0.05) is 6.07 Å². The zero-order valence-corrected chi connectivity index (χ0v) is 15.9. The van der Waals surface area contributed by atoms with Crippen molar-refractivity contribution in [1.82, 2.24) is 19.5 Å². The number of fused-ring (bicyclic) bond motifs is 1. The fourth-order valence-electron chi connectivity index (χ4n) is 4.09. The van der Waals surface area contributed by atoms with Crippen LogP contribution in [0.5, 0.6) is 0 Å². The van der Waals surface area contributed by atoms with Crippen molar-refractivity contribution in [2.75, 3.05) is 13.1 Å². The van der Waals surface area contributed by atoms with E-state index in [2.05, 4.69) is 15.0 Å². The summed E-state index contributed by atoms with van der Waals surface area (Å²) < 4.78 is 28.3. The van der Waals surface area contributed by atoms with Gasteiger partial charge in [-0.3, -0.25) is 14.8 Å². The number of piperidine rings is 1. The highest BCUT2D eigenvalue weighted by molar-refractivity contribution is 5.39. The molecule has 4 rings (SSSR count). The van der Waals surface area contributed by atoms with Crippen LogP contribution in [-0.2, 0) is 13.0 Å². The summed E-state index contributed by atoms with van der Waals surface area (Å²) in [6, 6.07) is 7.25. The molecule has 0 aliphatic carbocycles. The number of aromatic nitrogens is 3. The number of nitrogens with one attached hydrogen (secondary N) is 1. The normalized spacial score (nSPS) is 18.0. The fraction of sp³-hybridized carbons (Fsp3) is 0.429. The quantitative estimate of drug-likeness (QED) is 0.731. The van der Waals surface area contributed by atoms with Crippen molar-refractivity contribution in [3.8, 4) is 0 Å². The van der Waals surface area contributed by atoms with Gasteiger partial charge in [-0.15, -0.1) is 0 Å². The summed E-state index contributed by atoms with van der Waals surface area (Å²) in [5.74, 6) is -0.548. The maximum Gasteiger partial charge on any atom is 0.272 e. The number of aromatic amines is 1. The second-order valence-electron chi connectivity index (χ2n) is 7.74. The monoisotopic (exact) mass is 386 g/mol. The first-order valence-electron chi connectivity index (χ1n) is 9.72. The lowest BCUT2D eigenvalue weighted by atomic mass is 9.91. The predicted molar refractivity (Wildman–Crippen MR) is 103 cm³/mol. The van der Waals surface area contributed by atoms with Crippen molar-refractivity contribution >= 4 is 5.65 Å². The molecule has 1 unspecified atom stereocenters. The third-order valence-corrected chi connectivity index (χ3v) is 5.46. The van der Waals surface area contributed by atoms with Gasteiger partial charge in [-0.25, -0.2) is 18.3 Å². The molecule has 0 radical (unpaired) electrons. The topological polar surface area (TPSA) is 53.4 Å². The molecule has 1 aromatic carbocycles. The fourth-order valence-corrected chi connectivity index (χ4v) is 4.09. The van der Waals surface area contributed by atoms with E-state index < -0.39 is 11.6 Å². The highest BCUT2D eigenvalue weighted by Gasteiger charge is 2.21. The minimum absolute atomic E-state index is 0.103. The molecule has 0 spiro atoms. The highest BCUT2D eigenvalue weighted by atomic mass is 19.1. The average molecular weight is 386 g/mol. The van der Waals surface area contributed by atoms with Crippen LogP contribution in [0.4, 0.5) is 8.78 Å². The minimum atomic E-state index is -0.539. The lowest BCUT2D eigenvalue weighted by Crippen LogP contribution is -2.35. The van der Waals surface area contributed by atoms with Gasteiger partial charge in [0.15, 0.2) is 5.65 Å². The zero-order chi connectivity index (χ0) is 19.7. The Hall–Kier alpha value is -2.54. The molecule has 1 aliphatic rings. The van der Waals surface area contributed by atoms with E-state index in [9.17, 15) is 13.6 Å². The summed E-state index contributed by atoms with van der Waals surface area (Å²) in [7, 11) is 0. The van der Waals surface area contributed by atoms with E-state index in [-0.39, 0.29) is 5.56 Å². The van der Waals surface area contributed by atoms with Gasteiger partial charge in [0, 0.05) is 37.0 Å². The molecule has 0 saturated carbocycles. The number of rotatable bonds is 5. The predicted octanol–water partition coefficient (Wildman–Crippen LogP) is 3.45. The molecule has 3 heterocycles. The number of aryl methyl sites for hydroxylation is 2. The molecule has 7 heteroatoms. The van der Waals surface area contributed by atoms with Crippen molar-refractivity contribution in [3.05, 3.63) is 69.3 Å². The highest BCUT2D eigenvalue weighted by Crippen LogP contribution is 2.23. The van der Waals surface area contributed by atoms with E-state index in [0.717, 1.165) is 49.8 Å². The molecular weight excluding hydrogens is 362 g/mol. The Labute approximate surface area is 162 Å². The van der Waals surface area contributed by atoms with Gasteiger partial charge < -0.3 is 0 Å². The SMILES string of the molecule is Cc1cc2nc(CN3CCCC(CCc4ccc(F)cc4F)C3)cc(=O)n2[nH]1. The Morgan fingerprint density at radius 2 is 2.11 bits per heavy atom. The molecule has 5 nitrogen and oxygen atoms in total. The number of H-pyrrole nitrogens is 1. The summed E-state index contributed by atoms with van der Waals surface area (Å²) in [5, 5.41) is 2.98. The summed E-state index contributed by atoms with van der Waals surface area (Å²) in [6.07, 6.45) is 3.65. The standard InChI is InChI=1S/C21H24F2N4O/c1-14-9-20-24-18(11-21(28)27(20)25-14)13-26-8-2-3-15(12-26)4-5-16-6-7-17(22)10-19(16)23/h6-7,9-11,15,25H,2-5,8,12-13H2,1H3. The molecule has 1 fully saturated rings. The Kier molecular flexibility index (Phi) is 5.26. The molecule has 0 bridgehead atoms. The molecule has 1 atom stereocenters. The van der Waals surface area contributed by atoms with Gasteiger partial charge in [0.25, 0.3) is 5.56 Å². The maximum atomic E-state index is 13.8. The zero-order valence-electron chi connectivity index (χ0n) is 15.9. The third kappa shape index (κ3) is 4.14. The van der Waals surface area contributed by atoms with Crippen LogP contribution in [0.2, 0.25) is 0 Å². The molecule has 28 heavy (non-hydrogen) atoms. The van der Waals surface area contributed by atoms with Crippen molar-refractivity contribution in [2.45, 2.75) is 39.2 Å². The van der Waals surface area contributed by atoms with Gasteiger partial charge in [0.1, 0.15) is 11.6 Å². The second kappa shape index (κ2) is 7.83. The smallest absolute Gasteiger partial charge is 0.272 e. The van der Waals surface area contributed by atoms with E-state index in [1.54, 1.807) is 6.07 Å². The Morgan fingerprint density at radius 3 is 2.93 bits per heavy atom. The summed E-state index contributed by atoms with van der Waals surface area (Å²) >= 11 is 0. The van der Waals surface area contributed by atoms with E-state index >= 15 is 0 Å². The van der Waals surface area contributed by atoms with E-state index in [1.807, 2.05) is 13.0 Å². The molecule has 1 aliphatic heterocycles. The number of hydrogen-bond donors (Lipinski definition) is 1. The lowest BCUT2D eigenvalue weighted by molar-refractivity contribution is 0.160. The van der Waals surface area contributed by atoms with E-state index in [4.69, 9.17) is 0 Å². The molecule has 148 valence electrons. The van der Waals surface area contributed by atoms with Gasteiger partial charge >= 0.3 is 0 Å². The molecule has 1 N–H and O–H groups in total. The van der Waals surface area contributed by atoms with E-state index in [1.165, 1.54) is 16.6 Å². The van der Waals surface area contributed by atoms with Crippen LogP contribution < -0.4 is 5.56 Å². The van der Waals surface area contributed by atoms with Crippen LogP contribution in [-0.4, -0.2) is 32.6 Å². The minimum Gasteiger partial charge on any atom is -0.297 e. The van der Waals surface area contributed by atoms with Crippen molar-refractivity contribution in [2.24, 2.45) is 5.92 Å².